The zero-order valence-corrected chi connectivity index (χ0v) is 14.4. The van der Waals surface area contributed by atoms with Crippen LogP contribution >= 0.6 is 0 Å². The Hall–Kier alpha value is -1.81. The Bertz CT molecular complexity index is 592. The largest absolute Gasteiger partial charge is 0.371 e. The predicted molar refractivity (Wildman–Crippen MR) is 95.8 cm³/mol. The fraction of sp³-hybridized carbons (Fsp3) is 0.526. The van der Waals surface area contributed by atoms with Gasteiger partial charge in [-0.25, -0.2) is 4.98 Å². The topological polar surface area (TPSA) is 24.3 Å². The molecule has 0 aliphatic carbocycles. The smallest absolute Gasteiger partial charge is 0.105 e. The average molecular weight is 312 g/mol. The van der Waals surface area contributed by atoms with Gasteiger partial charge in [0.05, 0.1) is 0 Å². The third kappa shape index (κ3) is 4.35. The molecule has 0 saturated carbocycles. The summed E-state index contributed by atoms with van der Waals surface area (Å²) in [5, 5.41) is 0. The van der Waals surface area contributed by atoms with Crippen LogP contribution in [0, 0.1) is 12.8 Å². The number of benzene rings is 1. The fourth-order valence-electron chi connectivity index (χ4n) is 3.54. The predicted octanol–water partition coefficient (Wildman–Crippen LogP) is 3.04. The normalized spacial score (nSPS) is 18.0. The number of para-hydroxylation sites is 1. The van der Waals surface area contributed by atoms with Crippen LogP contribution in [0.3, 0.4) is 0 Å². The maximum Gasteiger partial charge on any atom is 0.105 e. The number of anilines is 1. The highest BCUT2D eigenvalue weighted by Crippen LogP contribution is 2.23. The van der Waals surface area contributed by atoms with E-state index in [0.29, 0.717) is 0 Å². The number of imidazole rings is 1. The highest BCUT2D eigenvalue weighted by Gasteiger charge is 2.23. The lowest BCUT2D eigenvalue weighted by Crippen LogP contribution is -2.29. The molecule has 124 valence electrons. The molecule has 23 heavy (non-hydrogen) atoms. The zero-order valence-electron chi connectivity index (χ0n) is 14.4. The van der Waals surface area contributed by atoms with Gasteiger partial charge in [0.1, 0.15) is 5.82 Å². The molecule has 2 heterocycles. The SMILES string of the molecule is Cc1nccn1CCCN(C)C[C@@H]1CCN(c2ccccc2)C1. The third-order valence-corrected chi connectivity index (χ3v) is 4.84. The minimum absolute atomic E-state index is 0.787. The third-order valence-electron chi connectivity index (χ3n) is 4.84. The highest BCUT2D eigenvalue weighted by atomic mass is 15.2. The molecule has 0 spiro atoms. The van der Waals surface area contributed by atoms with E-state index >= 15 is 0 Å². The van der Waals surface area contributed by atoms with Crippen LogP contribution in [0.5, 0.6) is 0 Å². The molecular weight excluding hydrogens is 284 g/mol. The summed E-state index contributed by atoms with van der Waals surface area (Å²) in [6, 6.07) is 10.8. The van der Waals surface area contributed by atoms with Crippen LogP contribution in [0.1, 0.15) is 18.7 Å². The van der Waals surface area contributed by atoms with Crippen LogP contribution < -0.4 is 4.90 Å². The van der Waals surface area contributed by atoms with Crippen LogP contribution in [-0.2, 0) is 6.54 Å². The van der Waals surface area contributed by atoms with E-state index in [1.54, 1.807) is 0 Å². The second-order valence-electron chi connectivity index (χ2n) is 6.72. The van der Waals surface area contributed by atoms with Gasteiger partial charge in [-0.15, -0.1) is 0 Å². The number of hydrogen-bond donors (Lipinski definition) is 0. The summed E-state index contributed by atoms with van der Waals surface area (Å²) in [7, 11) is 2.26. The minimum atomic E-state index is 0.787. The van der Waals surface area contributed by atoms with Gasteiger partial charge in [-0.3, -0.25) is 0 Å². The Balaban J connectivity index is 1.39. The van der Waals surface area contributed by atoms with Crippen molar-refractivity contribution in [2.45, 2.75) is 26.3 Å². The van der Waals surface area contributed by atoms with Crippen LogP contribution in [-0.4, -0.2) is 47.7 Å². The van der Waals surface area contributed by atoms with Crippen molar-refractivity contribution < 1.29 is 0 Å². The Morgan fingerprint density at radius 1 is 1.26 bits per heavy atom. The van der Waals surface area contributed by atoms with Crippen molar-refractivity contribution in [3.8, 4) is 0 Å². The standard InChI is InChI=1S/C19H28N4/c1-17-20-10-14-22(17)12-6-11-21(2)15-18-9-13-23(16-18)19-7-4-3-5-8-19/h3-5,7-8,10,14,18H,6,9,11-13,15-16H2,1-2H3/t18-/m0/s1. The molecule has 2 aromatic rings. The van der Waals surface area contributed by atoms with Gasteiger partial charge in [0.2, 0.25) is 0 Å². The summed E-state index contributed by atoms with van der Waals surface area (Å²) in [4.78, 5) is 9.29. The van der Waals surface area contributed by atoms with Gasteiger partial charge in [0.25, 0.3) is 0 Å². The molecule has 0 amide bonds. The lowest BCUT2D eigenvalue weighted by Gasteiger charge is -2.22. The number of nitrogens with zero attached hydrogens (tertiary/aromatic N) is 4. The first kappa shape index (κ1) is 16.1. The second kappa shape index (κ2) is 7.64. The Kier molecular flexibility index (Phi) is 5.34. The molecule has 1 saturated heterocycles. The van der Waals surface area contributed by atoms with Crippen LogP contribution in [0.4, 0.5) is 5.69 Å². The van der Waals surface area contributed by atoms with Crippen molar-refractivity contribution in [2.75, 3.05) is 38.1 Å². The van der Waals surface area contributed by atoms with Gasteiger partial charge in [-0.1, -0.05) is 18.2 Å². The van der Waals surface area contributed by atoms with Crippen molar-refractivity contribution in [1.29, 1.82) is 0 Å². The summed E-state index contributed by atoms with van der Waals surface area (Å²) in [6.45, 7) is 7.87. The quantitative estimate of drug-likeness (QED) is 0.785. The van der Waals surface area contributed by atoms with Crippen molar-refractivity contribution in [1.82, 2.24) is 14.5 Å². The number of hydrogen-bond acceptors (Lipinski definition) is 3. The summed E-state index contributed by atoms with van der Waals surface area (Å²) in [6.07, 6.45) is 6.45. The molecule has 1 aromatic heterocycles. The molecule has 0 radical (unpaired) electrons. The number of rotatable bonds is 7. The summed E-state index contributed by atoms with van der Waals surface area (Å²) in [5.74, 6) is 1.90. The van der Waals surface area contributed by atoms with Gasteiger partial charge in [-0.05, 0) is 51.4 Å². The van der Waals surface area contributed by atoms with Gasteiger partial charge in [0, 0.05) is 44.3 Å². The van der Waals surface area contributed by atoms with Crippen molar-refractivity contribution in [3.63, 3.8) is 0 Å². The van der Waals surface area contributed by atoms with E-state index in [9.17, 15) is 0 Å². The first-order valence-corrected chi connectivity index (χ1v) is 8.68. The highest BCUT2D eigenvalue weighted by molar-refractivity contribution is 5.46. The minimum Gasteiger partial charge on any atom is -0.371 e. The van der Waals surface area contributed by atoms with Gasteiger partial charge >= 0.3 is 0 Å². The van der Waals surface area contributed by atoms with Gasteiger partial charge < -0.3 is 14.4 Å². The van der Waals surface area contributed by atoms with Crippen molar-refractivity contribution >= 4 is 5.69 Å². The van der Waals surface area contributed by atoms with E-state index in [0.717, 1.165) is 24.8 Å². The molecular formula is C19H28N4. The molecule has 4 nitrogen and oxygen atoms in total. The lowest BCUT2D eigenvalue weighted by molar-refractivity contribution is 0.278. The lowest BCUT2D eigenvalue weighted by atomic mass is 10.1. The monoisotopic (exact) mass is 312 g/mol. The van der Waals surface area contributed by atoms with E-state index in [2.05, 4.69) is 69.9 Å². The maximum absolute atomic E-state index is 4.28. The average Bonchev–Trinajstić information content (AvgIpc) is 3.18. The van der Waals surface area contributed by atoms with Gasteiger partial charge in [0.15, 0.2) is 0 Å². The van der Waals surface area contributed by atoms with E-state index < -0.39 is 0 Å². The van der Waals surface area contributed by atoms with E-state index in [1.165, 1.54) is 38.2 Å². The summed E-state index contributed by atoms with van der Waals surface area (Å²) < 4.78 is 2.24. The molecule has 1 aromatic carbocycles. The van der Waals surface area contributed by atoms with E-state index in [4.69, 9.17) is 0 Å². The van der Waals surface area contributed by atoms with Gasteiger partial charge in [-0.2, -0.15) is 0 Å². The van der Waals surface area contributed by atoms with Crippen LogP contribution in [0.15, 0.2) is 42.7 Å². The molecule has 0 N–H and O–H groups in total. The molecule has 1 aliphatic rings. The van der Waals surface area contributed by atoms with Crippen molar-refractivity contribution in [2.24, 2.45) is 5.92 Å². The molecule has 1 atom stereocenters. The Morgan fingerprint density at radius 3 is 2.83 bits per heavy atom. The Morgan fingerprint density at radius 2 is 2.09 bits per heavy atom. The number of aromatic nitrogens is 2. The van der Waals surface area contributed by atoms with Crippen LogP contribution in [0.2, 0.25) is 0 Å². The maximum atomic E-state index is 4.28. The van der Waals surface area contributed by atoms with E-state index in [1.807, 2.05) is 6.20 Å². The molecule has 3 rings (SSSR count). The summed E-state index contributed by atoms with van der Waals surface area (Å²) >= 11 is 0. The molecule has 0 unspecified atom stereocenters. The molecule has 4 heteroatoms. The second-order valence-corrected chi connectivity index (χ2v) is 6.72. The first-order chi connectivity index (χ1) is 11.2. The first-order valence-electron chi connectivity index (χ1n) is 8.68. The molecule has 1 aliphatic heterocycles. The molecule has 0 bridgehead atoms. The fourth-order valence-corrected chi connectivity index (χ4v) is 3.54. The van der Waals surface area contributed by atoms with E-state index in [-0.39, 0.29) is 0 Å². The van der Waals surface area contributed by atoms with Crippen molar-refractivity contribution in [3.05, 3.63) is 48.5 Å². The van der Waals surface area contributed by atoms with Crippen LogP contribution in [0.25, 0.3) is 0 Å². The number of aryl methyl sites for hydroxylation is 2. The molecule has 1 fully saturated rings. The summed E-state index contributed by atoms with van der Waals surface area (Å²) in [5.41, 5.74) is 1.37. The Labute approximate surface area is 139 Å². The zero-order chi connectivity index (χ0) is 16.1.